The summed E-state index contributed by atoms with van der Waals surface area (Å²) in [6.07, 6.45) is -0.705. The molecule has 0 bridgehead atoms. The molecule has 0 aliphatic carbocycles. The van der Waals surface area contributed by atoms with Crippen molar-refractivity contribution in [2.45, 2.75) is 26.1 Å². The van der Waals surface area contributed by atoms with Crippen molar-refractivity contribution in [2.75, 3.05) is 5.32 Å². The number of aromatic nitrogens is 2. The molecule has 1 heterocycles. The molecule has 5 nitrogen and oxygen atoms in total. The zero-order chi connectivity index (χ0) is 17.1. The lowest BCUT2D eigenvalue weighted by Gasteiger charge is -2.20. The van der Waals surface area contributed by atoms with Crippen LogP contribution in [0.3, 0.4) is 0 Å². The summed E-state index contributed by atoms with van der Waals surface area (Å²) in [5.41, 5.74) is 2.43. The Balaban J connectivity index is 1.85. The summed E-state index contributed by atoms with van der Waals surface area (Å²) in [7, 11) is 0. The first-order valence-electron chi connectivity index (χ1n) is 7.69. The van der Waals surface area contributed by atoms with E-state index in [0.717, 1.165) is 25.9 Å². The van der Waals surface area contributed by atoms with E-state index in [0.29, 0.717) is 0 Å². The van der Waals surface area contributed by atoms with Gasteiger partial charge < -0.3 is 10.1 Å². The van der Waals surface area contributed by atoms with Gasteiger partial charge >= 0.3 is 0 Å². The quantitative estimate of drug-likeness (QED) is 0.589. The first kappa shape index (κ1) is 16.9. The lowest BCUT2D eigenvalue weighted by atomic mass is 10.1. The summed E-state index contributed by atoms with van der Waals surface area (Å²) < 4.78 is 6.78. The Morgan fingerprint density at radius 1 is 1.21 bits per heavy atom. The van der Waals surface area contributed by atoms with Gasteiger partial charge in [0.15, 0.2) is 6.10 Å². The first-order chi connectivity index (χ1) is 11.5. The molecule has 1 unspecified atom stereocenters. The number of benzene rings is 2. The van der Waals surface area contributed by atoms with Crippen LogP contribution in [-0.2, 0) is 9.53 Å². The minimum Gasteiger partial charge on any atom is -0.361 e. The Morgan fingerprint density at radius 3 is 2.67 bits per heavy atom. The van der Waals surface area contributed by atoms with Crippen LogP contribution in [0.1, 0.15) is 25.5 Å². The summed E-state index contributed by atoms with van der Waals surface area (Å²) >= 11 is 2.19. The van der Waals surface area contributed by atoms with Gasteiger partial charge in [0.25, 0.3) is 5.91 Å². The first-order valence-corrected chi connectivity index (χ1v) is 8.77. The van der Waals surface area contributed by atoms with Gasteiger partial charge in [-0.2, -0.15) is 5.10 Å². The average molecular weight is 435 g/mol. The summed E-state index contributed by atoms with van der Waals surface area (Å²) in [5.74, 6) is -0.187. The number of rotatable bonds is 5. The molecule has 0 spiro atoms. The van der Waals surface area contributed by atoms with Crippen LogP contribution in [0.5, 0.6) is 0 Å². The molecule has 3 rings (SSSR count). The van der Waals surface area contributed by atoms with Crippen molar-refractivity contribution in [3.63, 3.8) is 0 Å². The fourth-order valence-electron chi connectivity index (χ4n) is 2.46. The summed E-state index contributed by atoms with van der Waals surface area (Å²) in [6, 6.07) is 15.2. The van der Waals surface area contributed by atoms with Crippen LogP contribution in [0, 0.1) is 3.70 Å². The van der Waals surface area contributed by atoms with Gasteiger partial charge in [-0.1, -0.05) is 30.3 Å². The number of fused-ring (bicyclic) bond motifs is 1. The number of anilines is 1. The monoisotopic (exact) mass is 435 g/mol. The van der Waals surface area contributed by atoms with Crippen LogP contribution in [0.15, 0.2) is 48.5 Å². The zero-order valence-corrected chi connectivity index (χ0v) is 15.6. The molecule has 3 aromatic rings. The van der Waals surface area contributed by atoms with E-state index in [1.54, 1.807) is 0 Å². The summed E-state index contributed by atoms with van der Waals surface area (Å²) in [4.78, 5) is 12.7. The van der Waals surface area contributed by atoms with Crippen LogP contribution < -0.4 is 5.32 Å². The van der Waals surface area contributed by atoms with E-state index in [2.05, 4.69) is 38.1 Å². The van der Waals surface area contributed by atoms with E-state index < -0.39 is 6.10 Å². The lowest BCUT2D eigenvalue weighted by Crippen LogP contribution is -2.25. The Hall–Kier alpha value is -1.93. The summed E-state index contributed by atoms with van der Waals surface area (Å²) in [6.45, 7) is 3.84. The van der Waals surface area contributed by atoms with Gasteiger partial charge in [0.1, 0.15) is 3.70 Å². The van der Waals surface area contributed by atoms with Crippen molar-refractivity contribution in [1.29, 1.82) is 0 Å². The Morgan fingerprint density at radius 2 is 1.96 bits per heavy atom. The second-order valence-electron chi connectivity index (χ2n) is 5.73. The number of carbonyl (C=O) groups excluding carboxylic acids is 1. The third kappa shape index (κ3) is 3.76. The smallest absolute Gasteiger partial charge is 0.258 e. The fraction of sp³-hybridized carbons (Fsp3) is 0.222. The molecule has 0 saturated carbocycles. The lowest BCUT2D eigenvalue weighted by molar-refractivity contribution is -0.130. The highest BCUT2D eigenvalue weighted by molar-refractivity contribution is 14.1. The predicted octanol–water partition coefficient (Wildman–Crippen LogP) is 4.27. The number of hydrogen-bond donors (Lipinski definition) is 2. The molecule has 2 aromatic carbocycles. The molecule has 6 heteroatoms. The molecule has 24 heavy (non-hydrogen) atoms. The van der Waals surface area contributed by atoms with Gasteiger partial charge in [0.2, 0.25) is 0 Å². The Kier molecular flexibility index (Phi) is 5.15. The van der Waals surface area contributed by atoms with Gasteiger partial charge in [0, 0.05) is 11.1 Å². The number of ether oxygens (including phenoxy) is 1. The van der Waals surface area contributed by atoms with Crippen molar-refractivity contribution < 1.29 is 9.53 Å². The molecule has 0 aliphatic heterocycles. The number of nitrogens with one attached hydrogen (secondary N) is 2. The highest BCUT2D eigenvalue weighted by Gasteiger charge is 2.22. The Labute approximate surface area is 153 Å². The molecule has 0 saturated heterocycles. The van der Waals surface area contributed by atoms with E-state index in [4.69, 9.17) is 4.74 Å². The second-order valence-corrected chi connectivity index (χ2v) is 6.81. The molecule has 0 aliphatic rings. The van der Waals surface area contributed by atoms with E-state index >= 15 is 0 Å². The van der Waals surface area contributed by atoms with Crippen molar-refractivity contribution in [1.82, 2.24) is 10.2 Å². The third-order valence-electron chi connectivity index (χ3n) is 3.52. The number of nitrogens with zero attached hydrogens (tertiary/aromatic N) is 1. The number of amides is 1. The largest absolute Gasteiger partial charge is 0.361 e. The molecular weight excluding hydrogens is 417 g/mol. The van der Waals surface area contributed by atoms with E-state index in [-0.39, 0.29) is 12.0 Å². The molecule has 1 amide bonds. The highest BCUT2D eigenvalue weighted by Crippen LogP contribution is 2.25. The number of hydrogen-bond acceptors (Lipinski definition) is 3. The SMILES string of the molecule is CC(C)OC(C(=O)Nc1ccc2n[nH]c(I)c2c1)c1ccccc1. The van der Waals surface area contributed by atoms with Crippen molar-refractivity contribution >= 4 is 45.1 Å². The van der Waals surface area contributed by atoms with Gasteiger partial charge in [-0.15, -0.1) is 0 Å². The standard InChI is InChI=1S/C18H18IN3O2/c1-11(2)24-16(12-6-4-3-5-7-12)18(23)20-13-8-9-15-14(10-13)17(19)22-21-15/h3-11,16H,1-2H3,(H,20,23)(H,21,22). The number of H-pyrrole nitrogens is 1. The maximum Gasteiger partial charge on any atom is 0.258 e. The third-order valence-corrected chi connectivity index (χ3v) is 4.35. The van der Waals surface area contributed by atoms with Crippen LogP contribution in [0.4, 0.5) is 5.69 Å². The number of halogens is 1. The normalized spacial score (nSPS) is 12.5. The molecule has 2 N–H and O–H groups in total. The van der Waals surface area contributed by atoms with Crippen LogP contribution in [0.2, 0.25) is 0 Å². The number of aromatic amines is 1. The Bertz CT molecular complexity index is 846. The topological polar surface area (TPSA) is 67.0 Å². The minimum atomic E-state index is -0.648. The van der Waals surface area contributed by atoms with Crippen LogP contribution in [0.25, 0.3) is 10.9 Å². The molecule has 0 fully saturated rings. The molecule has 1 atom stereocenters. The van der Waals surface area contributed by atoms with Gasteiger partial charge in [-0.3, -0.25) is 9.89 Å². The van der Waals surface area contributed by atoms with Crippen molar-refractivity contribution in [3.8, 4) is 0 Å². The molecular formula is C18H18IN3O2. The molecule has 124 valence electrons. The highest BCUT2D eigenvalue weighted by atomic mass is 127. The molecule has 0 radical (unpaired) electrons. The van der Waals surface area contributed by atoms with Gasteiger partial charge in [0.05, 0.1) is 11.6 Å². The number of carbonyl (C=O) groups is 1. The molecule has 1 aromatic heterocycles. The van der Waals surface area contributed by atoms with E-state index in [1.165, 1.54) is 0 Å². The second kappa shape index (κ2) is 7.31. The van der Waals surface area contributed by atoms with Gasteiger partial charge in [-0.05, 0) is 60.2 Å². The van der Waals surface area contributed by atoms with Gasteiger partial charge in [-0.25, -0.2) is 0 Å². The minimum absolute atomic E-state index is 0.0572. The van der Waals surface area contributed by atoms with E-state index in [1.807, 2.05) is 62.4 Å². The maximum absolute atomic E-state index is 12.7. The summed E-state index contributed by atoms with van der Waals surface area (Å²) in [5, 5.41) is 11.0. The zero-order valence-electron chi connectivity index (χ0n) is 13.4. The maximum atomic E-state index is 12.7. The fourth-order valence-corrected chi connectivity index (χ4v) is 3.01. The van der Waals surface area contributed by atoms with Crippen molar-refractivity contribution in [3.05, 3.63) is 57.8 Å². The van der Waals surface area contributed by atoms with E-state index in [9.17, 15) is 4.79 Å². The van der Waals surface area contributed by atoms with Crippen molar-refractivity contribution in [2.24, 2.45) is 0 Å². The average Bonchev–Trinajstić information content (AvgIpc) is 2.94. The van der Waals surface area contributed by atoms with Crippen LogP contribution in [-0.4, -0.2) is 22.2 Å². The van der Waals surface area contributed by atoms with Crippen LogP contribution >= 0.6 is 22.6 Å². The predicted molar refractivity (Wildman–Crippen MR) is 103 cm³/mol.